The molecule has 2 rings (SSSR count). The topological polar surface area (TPSA) is 38.8 Å². The van der Waals surface area contributed by atoms with E-state index < -0.39 is 0 Å². The van der Waals surface area contributed by atoms with Gasteiger partial charge in [0.1, 0.15) is 13.2 Å². The van der Waals surface area contributed by atoms with Gasteiger partial charge in [-0.15, -0.1) is 0 Å². The quantitative estimate of drug-likeness (QED) is 0.680. The summed E-state index contributed by atoms with van der Waals surface area (Å²) in [4.78, 5) is 13.8. The van der Waals surface area contributed by atoms with Gasteiger partial charge in [0.2, 0.25) is 0 Å². The molecular formula is C14H25NO3. The van der Waals surface area contributed by atoms with Gasteiger partial charge in [-0.05, 0) is 38.8 Å². The molecule has 0 N–H and O–H groups in total. The Balaban J connectivity index is 1.49. The zero-order valence-electron chi connectivity index (χ0n) is 11.2. The first-order chi connectivity index (χ1) is 8.84. The van der Waals surface area contributed by atoms with Crippen LogP contribution in [-0.2, 0) is 14.3 Å². The van der Waals surface area contributed by atoms with Crippen LogP contribution >= 0.6 is 0 Å². The van der Waals surface area contributed by atoms with Crippen molar-refractivity contribution in [3.8, 4) is 0 Å². The fourth-order valence-electron chi connectivity index (χ4n) is 2.75. The first-order valence-electron chi connectivity index (χ1n) is 7.34. The third-order valence-corrected chi connectivity index (χ3v) is 3.86. The third-order valence-electron chi connectivity index (χ3n) is 3.86. The Morgan fingerprint density at radius 1 is 1.06 bits per heavy atom. The van der Waals surface area contributed by atoms with E-state index in [9.17, 15) is 4.79 Å². The molecule has 18 heavy (non-hydrogen) atoms. The number of hydrogen-bond acceptors (Lipinski definition) is 4. The predicted octanol–water partition coefficient (Wildman–Crippen LogP) is 1.97. The Bertz CT molecular complexity index is 245. The molecule has 0 unspecified atom stereocenters. The van der Waals surface area contributed by atoms with E-state index in [1.165, 1.54) is 32.1 Å². The second-order valence-electron chi connectivity index (χ2n) is 5.34. The molecule has 0 atom stereocenters. The minimum Gasteiger partial charge on any atom is -0.463 e. The molecule has 0 bridgehead atoms. The largest absolute Gasteiger partial charge is 0.463 e. The molecule has 2 aliphatic rings. The van der Waals surface area contributed by atoms with E-state index in [4.69, 9.17) is 9.47 Å². The van der Waals surface area contributed by atoms with Crippen molar-refractivity contribution in [3.63, 3.8) is 0 Å². The summed E-state index contributed by atoms with van der Waals surface area (Å²) in [6, 6.07) is 0. The molecule has 0 amide bonds. The van der Waals surface area contributed by atoms with E-state index in [1.54, 1.807) is 0 Å². The van der Waals surface area contributed by atoms with Gasteiger partial charge in [-0.2, -0.15) is 0 Å². The summed E-state index contributed by atoms with van der Waals surface area (Å²) in [5, 5.41) is 0. The van der Waals surface area contributed by atoms with E-state index in [2.05, 4.69) is 4.90 Å². The first-order valence-corrected chi connectivity index (χ1v) is 7.34. The Hall–Kier alpha value is -0.610. The molecule has 4 nitrogen and oxygen atoms in total. The van der Waals surface area contributed by atoms with E-state index in [0.29, 0.717) is 6.61 Å². The second-order valence-corrected chi connectivity index (χ2v) is 5.34. The lowest BCUT2D eigenvalue weighted by atomic mass is 9.98. The molecule has 2 fully saturated rings. The summed E-state index contributed by atoms with van der Waals surface area (Å²) in [6.07, 6.45) is 8.80. The van der Waals surface area contributed by atoms with Gasteiger partial charge >= 0.3 is 5.97 Å². The number of carbonyl (C=O) groups is 1. The molecule has 104 valence electrons. The zero-order valence-corrected chi connectivity index (χ0v) is 11.2. The average Bonchev–Trinajstić information content (AvgIpc) is 2.91. The van der Waals surface area contributed by atoms with Crippen molar-refractivity contribution >= 4 is 5.97 Å². The summed E-state index contributed by atoms with van der Waals surface area (Å²) < 4.78 is 10.8. The molecule has 4 heteroatoms. The molecule has 0 aromatic heterocycles. The van der Waals surface area contributed by atoms with E-state index in [0.717, 1.165) is 32.5 Å². The Labute approximate surface area is 110 Å². The maximum atomic E-state index is 11.5. The number of rotatable bonds is 6. The number of ether oxygens (including phenoxy) is 2. The van der Waals surface area contributed by atoms with E-state index >= 15 is 0 Å². The Morgan fingerprint density at radius 2 is 1.78 bits per heavy atom. The van der Waals surface area contributed by atoms with Crippen molar-refractivity contribution < 1.29 is 14.3 Å². The summed E-state index contributed by atoms with van der Waals surface area (Å²) in [5.74, 6) is -0.209. The maximum Gasteiger partial charge on any atom is 0.332 e. The number of likely N-dealkylation sites (tertiary alicyclic amines) is 1. The average molecular weight is 255 g/mol. The van der Waals surface area contributed by atoms with Crippen LogP contribution in [0, 0.1) is 0 Å². The summed E-state index contributed by atoms with van der Waals surface area (Å²) in [7, 11) is 0. The van der Waals surface area contributed by atoms with Gasteiger partial charge < -0.3 is 9.47 Å². The van der Waals surface area contributed by atoms with Crippen LogP contribution in [0.4, 0.5) is 0 Å². The van der Waals surface area contributed by atoms with Crippen LogP contribution in [0.25, 0.3) is 0 Å². The van der Waals surface area contributed by atoms with E-state index in [-0.39, 0.29) is 18.7 Å². The summed E-state index contributed by atoms with van der Waals surface area (Å²) in [6.45, 7) is 3.80. The van der Waals surface area contributed by atoms with Crippen LogP contribution in [0.3, 0.4) is 0 Å². The van der Waals surface area contributed by atoms with Crippen molar-refractivity contribution in [1.29, 1.82) is 0 Å². The minimum atomic E-state index is -0.209. The lowest BCUT2D eigenvalue weighted by Gasteiger charge is -2.21. The third kappa shape index (κ3) is 4.94. The van der Waals surface area contributed by atoms with Gasteiger partial charge in [-0.25, -0.2) is 4.79 Å². The van der Waals surface area contributed by atoms with Crippen LogP contribution in [0.2, 0.25) is 0 Å². The number of esters is 1. The van der Waals surface area contributed by atoms with Crippen LogP contribution in [0.15, 0.2) is 0 Å². The lowest BCUT2D eigenvalue weighted by molar-refractivity contribution is -0.152. The fraction of sp³-hybridized carbons (Fsp3) is 0.929. The van der Waals surface area contributed by atoms with Gasteiger partial charge in [0, 0.05) is 6.54 Å². The predicted molar refractivity (Wildman–Crippen MR) is 69.5 cm³/mol. The molecular weight excluding hydrogens is 230 g/mol. The van der Waals surface area contributed by atoms with Gasteiger partial charge in [0.15, 0.2) is 0 Å². The molecule has 0 spiro atoms. The zero-order chi connectivity index (χ0) is 12.6. The van der Waals surface area contributed by atoms with Crippen LogP contribution in [0.1, 0.15) is 44.9 Å². The Morgan fingerprint density at radius 3 is 2.50 bits per heavy atom. The smallest absolute Gasteiger partial charge is 0.332 e. The number of nitrogens with zero attached hydrogens (tertiary/aromatic N) is 1. The maximum absolute atomic E-state index is 11.5. The van der Waals surface area contributed by atoms with Crippen LogP contribution < -0.4 is 0 Å². The van der Waals surface area contributed by atoms with Crippen molar-refractivity contribution in [2.24, 2.45) is 0 Å². The molecule has 1 saturated carbocycles. The standard InChI is InChI=1S/C14H25NO3/c16-14(12-18-13-6-2-1-3-7-13)17-11-10-15-8-4-5-9-15/h13H,1-12H2. The highest BCUT2D eigenvalue weighted by Gasteiger charge is 2.16. The molecule has 0 aromatic carbocycles. The van der Waals surface area contributed by atoms with E-state index in [1.807, 2.05) is 0 Å². The summed E-state index contributed by atoms with van der Waals surface area (Å²) >= 11 is 0. The molecule has 1 heterocycles. The number of hydrogen-bond donors (Lipinski definition) is 0. The molecule has 1 aliphatic carbocycles. The highest BCUT2D eigenvalue weighted by molar-refractivity contribution is 5.70. The highest BCUT2D eigenvalue weighted by atomic mass is 16.6. The van der Waals surface area contributed by atoms with Crippen LogP contribution in [-0.4, -0.2) is 49.8 Å². The monoisotopic (exact) mass is 255 g/mol. The SMILES string of the molecule is O=C(COC1CCCCC1)OCCN1CCCC1. The molecule has 0 radical (unpaired) electrons. The Kier molecular flexibility index (Phi) is 5.94. The van der Waals surface area contributed by atoms with Gasteiger partial charge in [-0.1, -0.05) is 19.3 Å². The minimum absolute atomic E-state index is 0.130. The van der Waals surface area contributed by atoms with Crippen molar-refractivity contribution in [2.45, 2.75) is 51.0 Å². The molecule has 0 aromatic rings. The lowest BCUT2D eigenvalue weighted by Crippen LogP contribution is -2.27. The molecule has 1 aliphatic heterocycles. The number of carbonyl (C=O) groups excluding carboxylic acids is 1. The summed E-state index contributed by atoms with van der Waals surface area (Å²) in [5.41, 5.74) is 0. The van der Waals surface area contributed by atoms with Crippen molar-refractivity contribution in [2.75, 3.05) is 32.8 Å². The van der Waals surface area contributed by atoms with Crippen molar-refractivity contribution in [1.82, 2.24) is 4.90 Å². The highest BCUT2D eigenvalue weighted by Crippen LogP contribution is 2.20. The van der Waals surface area contributed by atoms with Gasteiger partial charge in [0.25, 0.3) is 0 Å². The van der Waals surface area contributed by atoms with Gasteiger partial charge in [0.05, 0.1) is 6.10 Å². The van der Waals surface area contributed by atoms with Crippen LogP contribution in [0.5, 0.6) is 0 Å². The first kappa shape index (κ1) is 13.8. The second kappa shape index (κ2) is 7.74. The normalized spacial score (nSPS) is 22.2. The van der Waals surface area contributed by atoms with Crippen molar-refractivity contribution in [3.05, 3.63) is 0 Å². The van der Waals surface area contributed by atoms with Gasteiger partial charge in [-0.3, -0.25) is 4.90 Å². The fourth-order valence-corrected chi connectivity index (χ4v) is 2.75. The molecule has 1 saturated heterocycles.